The van der Waals surface area contributed by atoms with Crippen molar-refractivity contribution in [1.29, 1.82) is 0 Å². The number of benzene rings is 2. The number of amides is 2. The number of rotatable bonds is 9. The SMILES string of the molecule is CCCC(=O)NCc1nc2ccccc2n1CC(=O)N(Cc1ccccc1)C1CCCCC1. The second-order valence-electron chi connectivity index (χ2n) is 8.93. The van der Waals surface area contributed by atoms with Crippen LogP contribution in [0.3, 0.4) is 0 Å². The Kier molecular flexibility index (Phi) is 7.76. The van der Waals surface area contributed by atoms with Crippen LogP contribution in [0.5, 0.6) is 0 Å². The Balaban J connectivity index is 1.59. The maximum atomic E-state index is 13.7. The first-order valence-corrected chi connectivity index (χ1v) is 12.2. The first kappa shape index (κ1) is 23.0. The molecule has 2 amide bonds. The van der Waals surface area contributed by atoms with Crippen LogP contribution in [-0.4, -0.2) is 32.3 Å². The van der Waals surface area contributed by atoms with Crippen LogP contribution < -0.4 is 5.32 Å². The number of aromatic nitrogens is 2. The van der Waals surface area contributed by atoms with Gasteiger partial charge in [0, 0.05) is 19.0 Å². The molecule has 3 aromatic rings. The minimum atomic E-state index is 0.00958. The third kappa shape index (κ3) is 5.81. The summed E-state index contributed by atoms with van der Waals surface area (Å²) in [5.41, 5.74) is 2.92. The van der Waals surface area contributed by atoms with Crippen LogP contribution in [0, 0.1) is 0 Å². The predicted octanol–water partition coefficient (Wildman–Crippen LogP) is 4.81. The van der Waals surface area contributed by atoms with Crippen molar-refractivity contribution in [3.63, 3.8) is 0 Å². The van der Waals surface area contributed by atoms with Gasteiger partial charge in [-0.1, -0.05) is 68.7 Å². The number of imidazole rings is 1. The van der Waals surface area contributed by atoms with Gasteiger partial charge >= 0.3 is 0 Å². The van der Waals surface area contributed by atoms with E-state index in [1.807, 2.05) is 54.0 Å². The maximum absolute atomic E-state index is 13.7. The topological polar surface area (TPSA) is 67.2 Å². The molecular formula is C27H34N4O2. The highest BCUT2D eigenvalue weighted by Crippen LogP contribution is 2.25. The molecule has 1 heterocycles. The van der Waals surface area contributed by atoms with Crippen molar-refractivity contribution >= 4 is 22.8 Å². The summed E-state index contributed by atoms with van der Waals surface area (Å²) in [7, 11) is 0. The molecule has 1 aliphatic carbocycles. The van der Waals surface area contributed by atoms with Crippen molar-refractivity contribution in [2.24, 2.45) is 0 Å². The van der Waals surface area contributed by atoms with E-state index >= 15 is 0 Å². The second kappa shape index (κ2) is 11.1. The molecule has 1 N–H and O–H groups in total. The summed E-state index contributed by atoms with van der Waals surface area (Å²) in [6.45, 7) is 3.16. The van der Waals surface area contributed by atoms with Crippen molar-refractivity contribution in [2.45, 2.75) is 77.5 Å². The maximum Gasteiger partial charge on any atom is 0.243 e. The van der Waals surface area contributed by atoms with Gasteiger partial charge in [0.25, 0.3) is 0 Å². The van der Waals surface area contributed by atoms with Gasteiger partial charge in [-0.05, 0) is 37.0 Å². The van der Waals surface area contributed by atoms with Gasteiger partial charge in [-0.25, -0.2) is 4.98 Å². The number of carbonyl (C=O) groups is 2. The molecule has 2 aromatic carbocycles. The van der Waals surface area contributed by atoms with E-state index in [1.54, 1.807) is 0 Å². The third-order valence-corrected chi connectivity index (χ3v) is 6.48. The summed E-state index contributed by atoms with van der Waals surface area (Å²) in [5, 5.41) is 2.96. The minimum absolute atomic E-state index is 0.00958. The zero-order valence-corrected chi connectivity index (χ0v) is 19.5. The lowest BCUT2D eigenvalue weighted by atomic mass is 9.93. The Morgan fingerprint density at radius 2 is 1.76 bits per heavy atom. The monoisotopic (exact) mass is 446 g/mol. The molecule has 1 saturated carbocycles. The van der Waals surface area contributed by atoms with Crippen LogP contribution in [0.1, 0.15) is 63.3 Å². The molecule has 0 spiro atoms. The number of nitrogens with zero attached hydrogens (tertiary/aromatic N) is 3. The van der Waals surface area contributed by atoms with Crippen molar-refractivity contribution in [2.75, 3.05) is 0 Å². The fourth-order valence-corrected chi connectivity index (χ4v) is 4.75. The van der Waals surface area contributed by atoms with Gasteiger partial charge < -0.3 is 14.8 Å². The summed E-state index contributed by atoms with van der Waals surface area (Å²) >= 11 is 0. The van der Waals surface area contributed by atoms with E-state index in [-0.39, 0.29) is 24.4 Å². The molecule has 174 valence electrons. The molecule has 0 saturated heterocycles. The van der Waals surface area contributed by atoms with Gasteiger partial charge in [-0.15, -0.1) is 0 Å². The summed E-state index contributed by atoms with van der Waals surface area (Å²) in [5.74, 6) is 0.836. The number of para-hydroxylation sites is 2. The molecule has 0 radical (unpaired) electrons. The van der Waals surface area contributed by atoms with Crippen molar-refractivity contribution in [1.82, 2.24) is 19.8 Å². The first-order chi connectivity index (χ1) is 16.2. The molecule has 1 fully saturated rings. The molecule has 6 heteroatoms. The summed E-state index contributed by atoms with van der Waals surface area (Å²) in [6.07, 6.45) is 7.00. The number of carbonyl (C=O) groups excluding carboxylic acids is 2. The van der Waals surface area contributed by atoms with Gasteiger partial charge in [0.15, 0.2) is 0 Å². The van der Waals surface area contributed by atoms with Crippen LogP contribution in [-0.2, 0) is 29.2 Å². The molecule has 0 atom stereocenters. The highest BCUT2D eigenvalue weighted by Gasteiger charge is 2.27. The zero-order chi connectivity index (χ0) is 23.0. The van der Waals surface area contributed by atoms with Gasteiger partial charge in [0.05, 0.1) is 17.6 Å². The standard InChI is InChI=1S/C27H34N4O2/c1-2-11-26(32)28-18-25-29-23-16-9-10-17-24(23)31(25)20-27(33)30(22-14-7-4-8-15-22)19-21-12-5-3-6-13-21/h3,5-6,9-10,12-13,16-17,22H,2,4,7-8,11,14-15,18-20H2,1H3,(H,28,32). The molecule has 0 bridgehead atoms. The van der Waals surface area contributed by atoms with Crippen LogP contribution in [0.4, 0.5) is 0 Å². The van der Waals surface area contributed by atoms with Crippen LogP contribution >= 0.6 is 0 Å². The molecule has 0 unspecified atom stereocenters. The van der Waals surface area contributed by atoms with E-state index in [4.69, 9.17) is 4.98 Å². The molecule has 1 aliphatic rings. The number of hydrogen-bond acceptors (Lipinski definition) is 3. The third-order valence-electron chi connectivity index (χ3n) is 6.48. The van der Waals surface area contributed by atoms with E-state index < -0.39 is 0 Å². The van der Waals surface area contributed by atoms with Crippen molar-refractivity contribution in [3.05, 3.63) is 66.0 Å². The van der Waals surface area contributed by atoms with E-state index in [0.29, 0.717) is 19.5 Å². The Labute approximate surface area is 196 Å². The number of nitrogens with one attached hydrogen (secondary N) is 1. The minimum Gasteiger partial charge on any atom is -0.349 e. The molecule has 6 nitrogen and oxygen atoms in total. The Bertz CT molecular complexity index is 1070. The van der Waals surface area contributed by atoms with Crippen LogP contribution in [0.2, 0.25) is 0 Å². The average Bonchev–Trinajstić information content (AvgIpc) is 3.20. The number of hydrogen-bond donors (Lipinski definition) is 1. The lowest BCUT2D eigenvalue weighted by Gasteiger charge is -2.35. The largest absolute Gasteiger partial charge is 0.349 e. The highest BCUT2D eigenvalue weighted by atomic mass is 16.2. The summed E-state index contributed by atoms with van der Waals surface area (Å²) < 4.78 is 1.98. The van der Waals surface area contributed by atoms with Gasteiger partial charge in [-0.2, -0.15) is 0 Å². The van der Waals surface area contributed by atoms with Gasteiger partial charge in [0.1, 0.15) is 12.4 Å². The van der Waals surface area contributed by atoms with E-state index in [2.05, 4.69) is 22.3 Å². The van der Waals surface area contributed by atoms with E-state index in [0.717, 1.165) is 41.7 Å². The van der Waals surface area contributed by atoms with Crippen LogP contribution in [0.25, 0.3) is 11.0 Å². The molecule has 1 aromatic heterocycles. The van der Waals surface area contributed by atoms with Crippen molar-refractivity contribution in [3.8, 4) is 0 Å². The smallest absolute Gasteiger partial charge is 0.243 e. The predicted molar refractivity (Wildman–Crippen MR) is 130 cm³/mol. The highest BCUT2D eigenvalue weighted by molar-refractivity contribution is 5.82. The number of fused-ring (bicyclic) bond motifs is 1. The quantitative estimate of drug-likeness (QED) is 0.513. The molecular weight excluding hydrogens is 412 g/mol. The second-order valence-corrected chi connectivity index (χ2v) is 8.93. The molecule has 4 rings (SSSR count). The van der Waals surface area contributed by atoms with Crippen LogP contribution in [0.15, 0.2) is 54.6 Å². The fourth-order valence-electron chi connectivity index (χ4n) is 4.75. The lowest BCUT2D eigenvalue weighted by Crippen LogP contribution is -2.42. The van der Waals surface area contributed by atoms with Gasteiger partial charge in [-0.3, -0.25) is 9.59 Å². The van der Waals surface area contributed by atoms with E-state index in [9.17, 15) is 9.59 Å². The summed E-state index contributed by atoms with van der Waals surface area (Å²) in [6, 6.07) is 18.4. The molecule has 33 heavy (non-hydrogen) atoms. The Hall–Kier alpha value is -3.15. The first-order valence-electron chi connectivity index (χ1n) is 12.2. The fraction of sp³-hybridized carbons (Fsp3) is 0.444. The van der Waals surface area contributed by atoms with E-state index in [1.165, 1.54) is 19.3 Å². The van der Waals surface area contributed by atoms with Gasteiger partial charge in [0.2, 0.25) is 11.8 Å². The normalized spacial score (nSPS) is 14.3. The Morgan fingerprint density at radius 1 is 1.03 bits per heavy atom. The summed E-state index contributed by atoms with van der Waals surface area (Å²) in [4.78, 5) is 32.6. The molecule has 0 aliphatic heterocycles. The zero-order valence-electron chi connectivity index (χ0n) is 19.5. The van der Waals surface area contributed by atoms with Crippen molar-refractivity contribution < 1.29 is 9.59 Å². The average molecular weight is 447 g/mol. The Morgan fingerprint density at radius 3 is 2.52 bits per heavy atom. The lowest BCUT2D eigenvalue weighted by molar-refractivity contribution is -0.135.